The van der Waals surface area contributed by atoms with Gasteiger partial charge in [0, 0.05) is 6.54 Å². The van der Waals surface area contributed by atoms with Gasteiger partial charge < -0.3 is 20.9 Å². The van der Waals surface area contributed by atoms with Crippen LogP contribution in [0.15, 0.2) is 17.0 Å². The lowest BCUT2D eigenvalue weighted by Crippen LogP contribution is -2.23. The summed E-state index contributed by atoms with van der Waals surface area (Å²) in [6.07, 6.45) is 2.16. The molecule has 0 fully saturated rings. The molecular formula is C11H15N5O2S. The highest BCUT2D eigenvalue weighted by Gasteiger charge is 2.14. The summed E-state index contributed by atoms with van der Waals surface area (Å²) >= 11 is 1.31. The Bertz CT molecular complexity index is 537. The fourth-order valence-electron chi connectivity index (χ4n) is 1.42. The molecule has 2 aromatic rings. The van der Waals surface area contributed by atoms with Gasteiger partial charge in [-0.25, -0.2) is 0 Å². The second kappa shape index (κ2) is 6.19. The molecule has 8 heteroatoms. The molecule has 7 nitrogen and oxygen atoms in total. The quantitative estimate of drug-likeness (QED) is 0.740. The van der Waals surface area contributed by atoms with Gasteiger partial charge in [0.25, 0.3) is 5.91 Å². The van der Waals surface area contributed by atoms with Gasteiger partial charge >= 0.3 is 0 Å². The van der Waals surface area contributed by atoms with Gasteiger partial charge in [-0.05, 0) is 12.5 Å². The van der Waals surface area contributed by atoms with Gasteiger partial charge in [-0.3, -0.25) is 4.79 Å². The molecule has 0 bridgehead atoms. The van der Waals surface area contributed by atoms with Gasteiger partial charge in [0.2, 0.25) is 6.39 Å². The van der Waals surface area contributed by atoms with Crippen LogP contribution in [-0.2, 0) is 6.54 Å². The molecule has 2 rings (SSSR count). The van der Waals surface area contributed by atoms with Gasteiger partial charge in [-0.15, -0.1) is 11.3 Å². The van der Waals surface area contributed by atoms with Crippen molar-refractivity contribution in [3.05, 3.63) is 23.2 Å². The second-order valence-corrected chi connectivity index (χ2v) is 4.90. The Morgan fingerprint density at radius 1 is 1.58 bits per heavy atom. The third-order valence-corrected chi connectivity index (χ3v) is 3.44. The Kier molecular flexibility index (Phi) is 4.35. The second-order valence-electron chi connectivity index (χ2n) is 3.85. The highest BCUT2D eigenvalue weighted by molar-refractivity contribution is 7.18. The van der Waals surface area contributed by atoms with Crippen molar-refractivity contribution in [2.75, 3.05) is 17.6 Å². The van der Waals surface area contributed by atoms with Crippen LogP contribution in [0.25, 0.3) is 0 Å². The van der Waals surface area contributed by atoms with E-state index in [1.54, 1.807) is 6.07 Å². The van der Waals surface area contributed by atoms with E-state index < -0.39 is 0 Å². The number of hydrogen-bond acceptors (Lipinski definition) is 7. The first-order chi connectivity index (χ1) is 9.20. The number of nitrogens with two attached hydrogens (primary N) is 1. The molecule has 0 atom stereocenters. The smallest absolute Gasteiger partial charge is 0.263 e. The molecule has 2 aromatic heterocycles. The average Bonchev–Trinajstić information content (AvgIpc) is 3.02. The average molecular weight is 281 g/mol. The van der Waals surface area contributed by atoms with E-state index in [0.717, 1.165) is 11.4 Å². The van der Waals surface area contributed by atoms with Crippen molar-refractivity contribution in [3.63, 3.8) is 0 Å². The molecule has 0 aliphatic rings. The first-order valence-electron chi connectivity index (χ1n) is 5.87. The number of nitrogens with zero attached hydrogens (tertiary/aromatic N) is 2. The molecule has 1 amide bonds. The summed E-state index contributed by atoms with van der Waals surface area (Å²) in [7, 11) is 0. The maximum absolute atomic E-state index is 11.8. The number of carbonyl (C=O) groups is 1. The van der Waals surface area contributed by atoms with Crippen molar-refractivity contribution in [1.82, 2.24) is 15.5 Å². The molecule has 4 N–H and O–H groups in total. The maximum Gasteiger partial charge on any atom is 0.263 e. The summed E-state index contributed by atoms with van der Waals surface area (Å²) in [6.45, 7) is 3.06. The number of nitrogens with one attached hydrogen (secondary N) is 2. The lowest BCUT2D eigenvalue weighted by Gasteiger charge is -2.01. The lowest BCUT2D eigenvalue weighted by molar-refractivity contribution is 0.0958. The molecule has 0 aliphatic carbocycles. The fraction of sp³-hybridized carbons (Fsp3) is 0.364. The van der Waals surface area contributed by atoms with Gasteiger partial charge in [0.1, 0.15) is 4.88 Å². The van der Waals surface area contributed by atoms with E-state index in [-0.39, 0.29) is 5.91 Å². The maximum atomic E-state index is 11.8. The standard InChI is InChI=1S/C11H15N5O2S/c1-2-3-13-11(17)10-7(12)4-9(19-10)14-5-8-15-6-18-16-8/h4,6,14H,2-3,5,12H2,1H3,(H,13,17). The Morgan fingerprint density at radius 2 is 2.42 bits per heavy atom. The van der Waals surface area contributed by atoms with Crippen LogP contribution in [0.5, 0.6) is 0 Å². The Hall–Kier alpha value is -2.09. The van der Waals surface area contributed by atoms with Crippen LogP contribution in [0, 0.1) is 0 Å². The van der Waals surface area contributed by atoms with Crippen molar-refractivity contribution in [2.45, 2.75) is 19.9 Å². The zero-order chi connectivity index (χ0) is 13.7. The van der Waals surface area contributed by atoms with Gasteiger partial charge in [-0.1, -0.05) is 12.1 Å². The molecule has 2 heterocycles. The van der Waals surface area contributed by atoms with Gasteiger partial charge in [0.15, 0.2) is 5.82 Å². The number of hydrogen-bond donors (Lipinski definition) is 3. The molecule has 0 radical (unpaired) electrons. The monoisotopic (exact) mass is 281 g/mol. The van der Waals surface area contributed by atoms with Gasteiger partial charge in [0.05, 0.1) is 17.2 Å². The minimum atomic E-state index is -0.142. The number of carbonyl (C=O) groups excluding carboxylic acids is 1. The van der Waals surface area contributed by atoms with Crippen molar-refractivity contribution in [1.29, 1.82) is 0 Å². The van der Waals surface area contributed by atoms with E-state index in [4.69, 9.17) is 5.73 Å². The highest BCUT2D eigenvalue weighted by Crippen LogP contribution is 2.29. The number of anilines is 2. The molecule has 19 heavy (non-hydrogen) atoms. The first kappa shape index (κ1) is 13.3. The van der Waals surface area contributed by atoms with E-state index >= 15 is 0 Å². The molecular weight excluding hydrogens is 266 g/mol. The minimum Gasteiger partial charge on any atom is -0.397 e. The first-order valence-corrected chi connectivity index (χ1v) is 6.69. The van der Waals surface area contributed by atoms with Crippen LogP contribution in [0.2, 0.25) is 0 Å². The number of aromatic nitrogens is 2. The van der Waals surface area contributed by atoms with Crippen LogP contribution >= 0.6 is 11.3 Å². The zero-order valence-corrected chi connectivity index (χ0v) is 11.3. The van der Waals surface area contributed by atoms with E-state index in [9.17, 15) is 4.79 Å². The molecule has 0 saturated heterocycles. The van der Waals surface area contributed by atoms with Gasteiger partial charge in [-0.2, -0.15) is 4.98 Å². The molecule has 0 unspecified atom stereocenters. The van der Waals surface area contributed by atoms with Crippen molar-refractivity contribution < 1.29 is 9.32 Å². The summed E-state index contributed by atoms with van der Waals surface area (Å²) in [5.41, 5.74) is 6.29. The Labute approximate surface area is 114 Å². The van der Waals surface area contributed by atoms with Crippen molar-refractivity contribution >= 4 is 27.9 Å². The normalized spacial score (nSPS) is 10.4. The largest absolute Gasteiger partial charge is 0.397 e. The predicted octanol–water partition coefficient (Wildman–Crippen LogP) is 1.47. The van der Waals surface area contributed by atoms with E-state index in [2.05, 4.69) is 25.3 Å². The third-order valence-electron chi connectivity index (χ3n) is 2.33. The summed E-state index contributed by atoms with van der Waals surface area (Å²) in [4.78, 5) is 16.2. The van der Waals surface area contributed by atoms with Crippen LogP contribution in [0.4, 0.5) is 10.7 Å². The van der Waals surface area contributed by atoms with Crippen molar-refractivity contribution in [3.8, 4) is 0 Å². The third kappa shape index (κ3) is 3.44. The molecule has 0 aliphatic heterocycles. The lowest BCUT2D eigenvalue weighted by atomic mass is 10.3. The topological polar surface area (TPSA) is 106 Å². The highest BCUT2D eigenvalue weighted by atomic mass is 32.1. The predicted molar refractivity (Wildman–Crippen MR) is 73.0 cm³/mol. The SMILES string of the molecule is CCCNC(=O)c1sc(NCc2ncon2)cc1N. The van der Waals surface area contributed by atoms with Crippen LogP contribution in [-0.4, -0.2) is 22.6 Å². The number of rotatable bonds is 6. The summed E-state index contributed by atoms with van der Waals surface area (Å²) in [5, 5.41) is 10.4. The van der Waals surface area contributed by atoms with Crippen molar-refractivity contribution in [2.24, 2.45) is 0 Å². The molecule has 0 aromatic carbocycles. The number of amides is 1. The van der Waals surface area contributed by atoms with Crippen LogP contribution < -0.4 is 16.4 Å². The van der Waals surface area contributed by atoms with E-state index in [0.29, 0.717) is 29.5 Å². The molecule has 0 saturated carbocycles. The summed E-state index contributed by atoms with van der Waals surface area (Å²) < 4.78 is 4.63. The van der Waals surface area contributed by atoms with Crippen LogP contribution in [0.3, 0.4) is 0 Å². The number of thiophene rings is 1. The Morgan fingerprint density at radius 3 is 3.11 bits per heavy atom. The number of nitrogen functional groups attached to an aromatic ring is 1. The zero-order valence-electron chi connectivity index (χ0n) is 10.5. The van der Waals surface area contributed by atoms with Crippen LogP contribution in [0.1, 0.15) is 28.8 Å². The fourth-order valence-corrected chi connectivity index (χ4v) is 2.32. The van der Waals surface area contributed by atoms with E-state index in [1.165, 1.54) is 17.7 Å². The molecule has 0 spiro atoms. The van der Waals surface area contributed by atoms with E-state index in [1.807, 2.05) is 6.92 Å². The minimum absolute atomic E-state index is 0.142. The molecule has 102 valence electrons. The summed E-state index contributed by atoms with van der Waals surface area (Å²) in [6, 6.07) is 1.73. The Balaban J connectivity index is 1.97. The summed E-state index contributed by atoms with van der Waals surface area (Å²) in [5.74, 6) is 0.404.